The Morgan fingerprint density at radius 2 is 1.03 bits per heavy atom. The quantitative estimate of drug-likeness (QED) is 0.409. The molecule has 0 fully saturated rings. The van der Waals surface area contributed by atoms with Gasteiger partial charge in [-0.2, -0.15) is 0 Å². The molecule has 0 aliphatic rings. The van der Waals surface area contributed by atoms with E-state index in [0.717, 1.165) is 12.8 Å². The third-order valence-electron chi connectivity index (χ3n) is 6.36. The highest BCUT2D eigenvalue weighted by Crippen LogP contribution is 2.33. The van der Waals surface area contributed by atoms with Gasteiger partial charge in [0.25, 0.3) is 0 Å². The Morgan fingerprint density at radius 3 is 1.62 bits per heavy atom. The highest BCUT2D eigenvalue weighted by Gasteiger charge is 2.25. The average Bonchev–Trinajstić information content (AvgIpc) is 2.65. The summed E-state index contributed by atoms with van der Waals surface area (Å²) in [6, 6.07) is 25.1. The predicted octanol–water partition coefficient (Wildman–Crippen LogP) is 7.65. The van der Waals surface area contributed by atoms with Crippen LogP contribution in [-0.2, 0) is 23.7 Å². The van der Waals surface area contributed by atoms with Crippen LogP contribution in [0, 0.1) is 20.8 Å². The first-order chi connectivity index (χ1) is 13.6. The fraction of sp³-hybridized carbons (Fsp3) is 0.379. The van der Waals surface area contributed by atoms with Crippen LogP contribution in [0.4, 0.5) is 0 Å². The zero-order valence-electron chi connectivity index (χ0n) is 19.3. The van der Waals surface area contributed by atoms with Gasteiger partial charge in [0, 0.05) is 0 Å². The fourth-order valence-corrected chi connectivity index (χ4v) is 4.18. The van der Waals surface area contributed by atoms with Crippen molar-refractivity contribution < 1.29 is 0 Å². The van der Waals surface area contributed by atoms with Gasteiger partial charge in [-0.25, -0.2) is 0 Å². The van der Waals surface area contributed by atoms with Gasteiger partial charge in [0.2, 0.25) is 0 Å². The van der Waals surface area contributed by atoms with Gasteiger partial charge >= 0.3 is 0 Å². The zero-order valence-corrected chi connectivity index (χ0v) is 19.3. The molecule has 0 heterocycles. The second-order valence-corrected chi connectivity index (χ2v) is 10.1. The Hall–Kier alpha value is -2.34. The summed E-state index contributed by atoms with van der Waals surface area (Å²) >= 11 is 0. The molecular weight excluding hydrogens is 348 g/mol. The lowest BCUT2D eigenvalue weighted by Crippen LogP contribution is -2.23. The Morgan fingerprint density at radius 1 is 0.552 bits per heavy atom. The van der Waals surface area contributed by atoms with Crippen molar-refractivity contribution in [2.45, 2.75) is 72.1 Å². The summed E-state index contributed by atoms with van der Waals surface area (Å²) in [6.45, 7) is 16.0. The highest BCUT2D eigenvalue weighted by molar-refractivity contribution is 5.39. The van der Waals surface area contributed by atoms with Crippen molar-refractivity contribution in [2.24, 2.45) is 0 Å². The van der Waals surface area contributed by atoms with E-state index in [4.69, 9.17) is 0 Å². The van der Waals surface area contributed by atoms with E-state index in [2.05, 4.69) is 115 Å². The molecule has 0 saturated carbocycles. The largest absolute Gasteiger partial charge is 0.0591 e. The maximum atomic E-state index is 2.46. The minimum absolute atomic E-state index is 0.103. The van der Waals surface area contributed by atoms with Crippen LogP contribution < -0.4 is 0 Å². The number of aryl methyl sites for hydroxylation is 3. The normalized spacial score (nSPS) is 12.2. The van der Waals surface area contributed by atoms with Crippen molar-refractivity contribution in [2.75, 3.05) is 0 Å². The summed E-state index contributed by atoms with van der Waals surface area (Å²) in [5.41, 5.74) is 9.95. The molecule has 0 bridgehead atoms. The highest BCUT2D eigenvalue weighted by atomic mass is 14.3. The van der Waals surface area contributed by atoms with E-state index in [1.54, 1.807) is 0 Å². The van der Waals surface area contributed by atoms with Gasteiger partial charge in [-0.05, 0) is 72.3 Å². The lowest BCUT2D eigenvalue weighted by atomic mass is 9.75. The molecule has 0 aliphatic carbocycles. The zero-order chi connectivity index (χ0) is 21.2. The molecule has 3 aromatic carbocycles. The molecule has 0 aromatic heterocycles. The van der Waals surface area contributed by atoms with Gasteiger partial charge in [-0.1, -0.05) is 106 Å². The Kier molecular flexibility index (Phi) is 6.03. The van der Waals surface area contributed by atoms with Crippen molar-refractivity contribution in [3.63, 3.8) is 0 Å². The number of hydrogen-bond donors (Lipinski definition) is 0. The molecule has 0 unspecified atom stereocenters. The van der Waals surface area contributed by atoms with E-state index in [1.165, 1.54) is 38.9 Å². The molecule has 152 valence electrons. The summed E-state index contributed by atoms with van der Waals surface area (Å²) in [5, 5.41) is 0. The van der Waals surface area contributed by atoms with Crippen molar-refractivity contribution in [3.05, 3.63) is 106 Å². The van der Waals surface area contributed by atoms with E-state index in [9.17, 15) is 0 Å². The van der Waals surface area contributed by atoms with Crippen LogP contribution in [0.5, 0.6) is 0 Å². The molecule has 0 amide bonds. The second-order valence-electron chi connectivity index (χ2n) is 10.1. The topological polar surface area (TPSA) is 0 Å². The van der Waals surface area contributed by atoms with E-state index in [-0.39, 0.29) is 10.8 Å². The van der Waals surface area contributed by atoms with Gasteiger partial charge in [0.15, 0.2) is 0 Å². The van der Waals surface area contributed by atoms with Gasteiger partial charge in [0.05, 0.1) is 0 Å². The number of rotatable bonds is 6. The molecule has 0 aliphatic heterocycles. The van der Waals surface area contributed by atoms with Crippen LogP contribution >= 0.6 is 0 Å². The van der Waals surface area contributed by atoms with E-state index < -0.39 is 0 Å². The Labute approximate surface area is 178 Å². The molecule has 3 aromatic rings. The minimum atomic E-state index is 0.103. The standard InChI is InChI=1S/C29H36/c1-21-8-13-24(14-9-21)19-28(4,5)27-17-12-23(3)25(18-27)20-29(6,7)26-15-10-22(2)11-16-26/h8-18H,19-20H2,1-7H3. The van der Waals surface area contributed by atoms with Crippen molar-refractivity contribution in [3.8, 4) is 0 Å². The monoisotopic (exact) mass is 384 g/mol. The van der Waals surface area contributed by atoms with Gasteiger partial charge in [0.1, 0.15) is 0 Å². The van der Waals surface area contributed by atoms with Crippen LogP contribution in [0.15, 0.2) is 66.7 Å². The van der Waals surface area contributed by atoms with Gasteiger partial charge < -0.3 is 0 Å². The first-order valence-corrected chi connectivity index (χ1v) is 10.8. The fourth-order valence-electron chi connectivity index (χ4n) is 4.18. The van der Waals surface area contributed by atoms with Crippen molar-refractivity contribution >= 4 is 0 Å². The van der Waals surface area contributed by atoms with Crippen molar-refractivity contribution in [1.82, 2.24) is 0 Å². The summed E-state index contributed by atoms with van der Waals surface area (Å²) in [5.74, 6) is 0. The average molecular weight is 385 g/mol. The van der Waals surface area contributed by atoms with Crippen LogP contribution in [0.1, 0.15) is 66.6 Å². The molecule has 0 radical (unpaired) electrons. The first-order valence-electron chi connectivity index (χ1n) is 10.8. The summed E-state index contributed by atoms with van der Waals surface area (Å²) in [4.78, 5) is 0. The van der Waals surface area contributed by atoms with E-state index in [1.807, 2.05) is 0 Å². The molecular formula is C29H36. The van der Waals surface area contributed by atoms with Crippen LogP contribution in [0.25, 0.3) is 0 Å². The van der Waals surface area contributed by atoms with Gasteiger partial charge in [-0.15, -0.1) is 0 Å². The Bertz CT molecular complexity index is 954. The lowest BCUT2D eigenvalue weighted by Gasteiger charge is -2.30. The lowest BCUT2D eigenvalue weighted by molar-refractivity contribution is 0.509. The smallest absolute Gasteiger partial charge is 0.00631 e. The second kappa shape index (κ2) is 8.19. The minimum Gasteiger partial charge on any atom is -0.0591 e. The van der Waals surface area contributed by atoms with Crippen LogP contribution in [0.2, 0.25) is 0 Å². The molecule has 0 saturated heterocycles. The maximum Gasteiger partial charge on any atom is -0.00631 e. The molecule has 29 heavy (non-hydrogen) atoms. The molecule has 0 heteroatoms. The van der Waals surface area contributed by atoms with Gasteiger partial charge in [-0.3, -0.25) is 0 Å². The number of benzene rings is 3. The summed E-state index contributed by atoms with van der Waals surface area (Å²) in [7, 11) is 0. The molecule has 0 N–H and O–H groups in total. The SMILES string of the molecule is Cc1ccc(CC(C)(C)c2ccc(C)c(CC(C)(C)c3ccc(C)cc3)c2)cc1. The molecule has 3 rings (SSSR count). The van der Waals surface area contributed by atoms with Crippen LogP contribution in [-0.4, -0.2) is 0 Å². The summed E-state index contributed by atoms with van der Waals surface area (Å²) < 4.78 is 0. The van der Waals surface area contributed by atoms with Crippen LogP contribution in [0.3, 0.4) is 0 Å². The third-order valence-corrected chi connectivity index (χ3v) is 6.36. The maximum absolute atomic E-state index is 2.46. The van der Waals surface area contributed by atoms with E-state index in [0.29, 0.717) is 0 Å². The first kappa shape index (κ1) is 21.4. The molecule has 0 nitrogen and oxygen atoms in total. The predicted molar refractivity (Wildman–Crippen MR) is 127 cm³/mol. The molecule has 0 atom stereocenters. The third kappa shape index (κ3) is 5.18. The van der Waals surface area contributed by atoms with E-state index >= 15 is 0 Å². The van der Waals surface area contributed by atoms with Crippen molar-refractivity contribution in [1.29, 1.82) is 0 Å². The summed E-state index contributed by atoms with van der Waals surface area (Å²) in [6.07, 6.45) is 2.10. The Balaban J connectivity index is 1.86. The number of hydrogen-bond acceptors (Lipinski definition) is 0. The molecule has 0 spiro atoms.